The molecule has 17 heavy (non-hydrogen) atoms. The van der Waals surface area contributed by atoms with Crippen LogP contribution in [0.4, 0.5) is 10.1 Å². The van der Waals surface area contributed by atoms with E-state index in [0.717, 1.165) is 5.56 Å². The molecular weight excluding hydrogens is 217 g/mol. The number of carbonyl (C=O) groups is 1. The van der Waals surface area contributed by atoms with Crippen molar-refractivity contribution in [2.24, 2.45) is 0 Å². The van der Waals surface area contributed by atoms with Gasteiger partial charge in [-0.1, -0.05) is 24.3 Å². The van der Waals surface area contributed by atoms with Crippen LogP contribution in [0.3, 0.4) is 0 Å². The van der Waals surface area contributed by atoms with Crippen LogP contribution in [-0.4, -0.2) is 5.78 Å². The van der Waals surface area contributed by atoms with E-state index in [-0.39, 0.29) is 12.2 Å². The van der Waals surface area contributed by atoms with Gasteiger partial charge in [-0.05, 0) is 29.8 Å². The van der Waals surface area contributed by atoms with Crippen LogP contribution in [0, 0.1) is 5.82 Å². The molecule has 0 bridgehead atoms. The molecule has 0 aliphatic rings. The van der Waals surface area contributed by atoms with E-state index in [9.17, 15) is 9.18 Å². The Kier molecular flexibility index (Phi) is 3.19. The van der Waals surface area contributed by atoms with Crippen molar-refractivity contribution in [3.63, 3.8) is 0 Å². The van der Waals surface area contributed by atoms with Crippen LogP contribution in [-0.2, 0) is 6.42 Å². The zero-order chi connectivity index (χ0) is 12.3. The Morgan fingerprint density at radius 2 is 1.88 bits per heavy atom. The van der Waals surface area contributed by atoms with E-state index in [4.69, 9.17) is 5.73 Å². The van der Waals surface area contributed by atoms with Gasteiger partial charge in [-0.2, -0.15) is 0 Å². The SMILES string of the molecule is Nc1cccc(CC(=O)c2cccc(F)c2)c1. The first-order chi connectivity index (χ1) is 8.15. The van der Waals surface area contributed by atoms with Gasteiger partial charge in [0.15, 0.2) is 5.78 Å². The van der Waals surface area contributed by atoms with Crippen molar-refractivity contribution in [3.05, 3.63) is 65.5 Å². The predicted molar refractivity (Wildman–Crippen MR) is 65.3 cm³/mol. The Balaban J connectivity index is 2.17. The minimum absolute atomic E-state index is 0.116. The summed E-state index contributed by atoms with van der Waals surface area (Å²) in [5.41, 5.74) is 7.46. The molecule has 3 heteroatoms. The quantitative estimate of drug-likeness (QED) is 0.649. The van der Waals surface area contributed by atoms with Crippen molar-refractivity contribution in [2.75, 3.05) is 5.73 Å². The van der Waals surface area contributed by atoms with E-state index in [0.29, 0.717) is 11.3 Å². The molecule has 2 aromatic carbocycles. The topological polar surface area (TPSA) is 43.1 Å². The number of hydrogen-bond acceptors (Lipinski definition) is 2. The van der Waals surface area contributed by atoms with Crippen molar-refractivity contribution in [1.29, 1.82) is 0 Å². The van der Waals surface area contributed by atoms with Crippen LogP contribution in [0.25, 0.3) is 0 Å². The second-order valence-electron chi connectivity index (χ2n) is 3.86. The predicted octanol–water partition coefficient (Wildman–Crippen LogP) is 2.83. The van der Waals surface area contributed by atoms with Gasteiger partial charge in [0.05, 0.1) is 0 Å². The number of anilines is 1. The molecule has 0 aromatic heterocycles. The van der Waals surface area contributed by atoms with E-state index in [1.165, 1.54) is 18.2 Å². The van der Waals surface area contributed by atoms with Crippen molar-refractivity contribution in [1.82, 2.24) is 0 Å². The molecule has 0 heterocycles. The molecule has 0 saturated heterocycles. The average molecular weight is 229 g/mol. The first kappa shape index (κ1) is 11.3. The molecule has 0 atom stereocenters. The van der Waals surface area contributed by atoms with Gasteiger partial charge < -0.3 is 5.73 Å². The number of hydrogen-bond donors (Lipinski definition) is 1. The van der Waals surface area contributed by atoms with Gasteiger partial charge in [-0.3, -0.25) is 4.79 Å². The first-order valence-electron chi connectivity index (χ1n) is 5.28. The zero-order valence-corrected chi connectivity index (χ0v) is 9.19. The number of Topliss-reactive ketones (excluding diaryl/α,β-unsaturated/α-hetero) is 1. The maximum absolute atomic E-state index is 13.0. The van der Waals surface area contributed by atoms with Crippen molar-refractivity contribution >= 4 is 11.5 Å². The summed E-state index contributed by atoms with van der Waals surface area (Å²) >= 11 is 0. The highest BCUT2D eigenvalue weighted by atomic mass is 19.1. The third-order valence-electron chi connectivity index (χ3n) is 2.46. The van der Waals surface area contributed by atoms with E-state index in [2.05, 4.69) is 0 Å². The molecule has 0 radical (unpaired) electrons. The van der Waals surface area contributed by atoms with Crippen molar-refractivity contribution in [3.8, 4) is 0 Å². The number of ketones is 1. The lowest BCUT2D eigenvalue weighted by Gasteiger charge is -2.02. The lowest BCUT2D eigenvalue weighted by atomic mass is 10.0. The molecule has 86 valence electrons. The summed E-state index contributed by atoms with van der Waals surface area (Å²) in [4.78, 5) is 11.9. The van der Waals surface area contributed by atoms with Crippen LogP contribution in [0.15, 0.2) is 48.5 Å². The molecule has 0 saturated carbocycles. The van der Waals surface area contributed by atoms with Gasteiger partial charge in [0.2, 0.25) is 0 Å². The maximum Gasteiger partial charge on any atom is 0.167 e. The van der Waals surface area contributed by atoms with Crippen LogP contribution in [0.5, 0.6) is 0 Å². The molecule has 0 aliphatic carbocycles. The van der Waals surface area contributed by atoms with Crippen LogP contribution in [0.1, 0.15) is 15.9 Å². The Bertz CT molecular complexity index is 551. The van der Waals surface area contributed by atoms with Crippen LogP contribution >= 0.6 is 0 Å². The number of carbonyl (C=O) groups excluding carboxylic acids is 1. The summed E-state index contributed by atoms with van der Waals surface area (Å²) in [6.45, 7) is 0. The van der Waals surface area contributed by atoms with Gasteiger partial charge in [0.1, 0.15) is 5.82 Å². The lowest BCUT2D eigenvalue weighted by Crippen LogP contribution is -2.04. The Morgan fingerprint density at radius 3 is 2.59 bits per heavy atom. The molecule has 2 N–H and O–H groups in total. The van der Waals surface area contributed by atoms with Gasteiger partial charge in [-0.25, -0.2) is 4.39 Å². The van der Waals surface area contributed by atoms with Crippen LogP contribution in [0.2, 0.25) is 0 Å². The molecule has 0 aliphatic heterocycles. The summed E-state index contributed by atoms with van der Waals surface area (Å²) in [5, 5.41) is 0. The number of nitrogen functional groups attached to an aromatic ring is 1. The number of rotatable bonds is 3. The molecule has 0 spiro atoms. The third-order valence-corrected chi connectivity index (χ3v) is 2.46. The van der Waals surface area contributed by atoms with E-state index in [1.807, 2.05) is 6.07 Å². The monoisotopic (exact) mass is 229 g/mol. The van der Waals surface area contributed by atoms with Gasteiger partial charge in [0.25, 0.3) is 0 Å². The smallest absolute Gasteiger partial charge is 0.167 e. The highest BCUT2D eigenvalue weighted by Crippen LogP contribution is 2.11. The minimum atomic E-state index is -0.400. The third kappa shape index (κ3) is 2.91. The summed E-state index contributed by atoms with van der Waals surface area (Å²) < 4.78 is 13.0. The standard InChI is InChI=1S/C14H12FNO/c15-12-5-2-4-11(9-12)14(17)8-10-3-1-6-13(16)7-10/h1-7,9H,8,16H2. The minimum Gasteiger partial charge on any atom is -0.399 e. The first-order valence-corrected chi connectivity index (χ1v) is 5.28. The molecule has 2 nitrogen and oxygen atoms in total. The molecule has 2 aromatic rings. The molecule has 0 unspecified atom stereocenters. The number of benzene rings is 2. The van der Waals surface area contributed by atoms with Gasteiger partial charge in [-0.15, -0.1) is 0 Å². The number of halogens is 1. The number of nitrogens with two attached hydrogens (primary N) is 1. The second kappa shape index (κ2) is 4.78. The fraction of sp³-hybridized carbons (Fsp3) is 0.0714. The highest BCUT2D eigenvalue weighted by Gasteiger charge is 2.07. The van der Waals surface area contributed by atoms with Crippen molar-refractivity contribution < 1.29 is 9.18 Å². The fourth-order valence-corrected chi connectivity index (χ4v) is 1.65. The normalized spacial score (nSPS) is 10.2. The molecule has 0 fully saturated rings. The van der Waals surface area contributed by atoms with Crippen LogP contribution < -0.4 is 5.73 Å². The molecule has 0 amide bonds. The largest absolute Gasteiger partial charge is 0.399 e. The molecule has 2 rings (SSSR count). The highest BCUT2D eigenvalue weighted by molar-refractivity contribution is 5.97. The van der Waals surface area contributed by atoms with Crippen molar-refractivity contribution in [2.45, 2.75) is 6.42 Å². The Hall–Kier alpha value is -2.16. The van der Waals surface area contributed by atoms with E-state index < -0.39 is 5.82 Å². The van der Waals surface area contributed by atoms with Gasteiger partial charge in [0, 0.05) is 17.7 Å². The lowest BCUT2D eigenvalue weighted by molar-refractivity contribution is 0.0992. The summed E-state index contributed by atoms with van der Waals surface area (Å²) in [6, 6.07) is 12.8. The summed E-state index contributed by atoms with van der Waals surface area (Å²) in [5.74, 6) is -0.515. The Labute approximate surface area is 98.9 Å². The average Bonchev–Trinajstić information content (AvgIpc) is 2.29. The maximum atomic E-state index is 13.0. The fourth-order valence-electron chi connectivity index (χ4n) is 1.65. The Morgan fingerprint density at radius 1 is 1.12 bits per heavy atom. The van der Waals surface area contributed by atoms with E-state index >= 15 is 0 Å². The van der Waals surface area contributed by atoms with Gasteiger partial charge >= 0.3 is 0 Å². The summed E-state index contributed by atoms with van der Waals surface area (Å²) in [6.07, 6.45) is 0.231. The zero-order valence-electron chi connectivity index (χ0n) is 9.19. The van der Waals surface area contributed by atoms with E-state index in [1.54, 1.807) is 24.3 Å². The second-order valence-corrected chi connectivity index (χ2v) is 3.86. The summed E-state index contributed by atoms with van der Waals surface area (Å²) in [7, 11) is 0. The molecular formula is C14H12FNO.